The van der Waals surface area contributed by atoms with Crippen LogP contribution in [0.2, 0.25) is 5.02 Å². The molecule has 10 nitrogen and oxygen atoms in total. The lowest BCUT2D eigenvalue weighted by Gasteiger charge is -2.29. The van der Waals surface area contributed by atoms with Crippen molar-refractivity contribution in [2.24, 2.45) is 0 Å². The van der Waals surface area contributed by atoms with E-state index in [9.17, 15) is 9.59 Å². The number of methoxy groups -OCH3 is 1. The Balaban J connectivity index is 1.57. The molecule has 1 aliphatic rings. The first kappa shape index (κ1) is 29.0. The zero-order valence-electron chi connectivity index (χ0n) is 22.8. The van der Waals surface area contributed by atoms with E-state index in [2.05, 4.69) is 30.8 Å². The first-order valence-electron chi connectivity index (χ1n) is 12.9. The van der Waals surface area contributed by atoms with Gasteiger partial charge in [0.05, 0.1) is 30.1 Å². The predicted octanol–water partition coefficient (Wildman–Crippen LogP) is 4.56. The van der Waals surface area contributed by atoms with Crippen molar-refractivity contribution in [3.8, 4) is 17.4 Å². The monoisotopic (exact) mass is 570 g/mol. The number of hydrogen-bond acceptors (Lipinski definition) is 8. The molecule has 1 saturated heterocycles. The molecule has 0 atom stereocenters. The maximum absolute atomic E-state index is 15.1. The van der Waals surface area contributed by atoms with Crippen molar-refractivity contribution < 1.29 is 23.5 Å². The van der Waals surface area contributed by atoms with E-state index >= 15 is 4.39 Å². The molecule has 40 heavy (non-hydrogen) atoms. The lowest BCUT2D eigenvalue weighted by molar-refractivity contribution is 0.0911. The van der Waals surface area contributed by atoms with Gasteiger partial charge in [-0.25, -0.2) is 9.37 Å². The second kappa shape index (κ2) is 12.9. The molecule has 3 N–H and O–H groups in total. The second-order valence-corrected chi connectivity index (χ2v) is 9.79. The van der Waals surface area contributed by atoms with Crippen LogP contribution in [0, 0.1) is 5.82 Å². The van der Waals surface area contributed by atoms with Crippen molar-refractivity contribution in [2.75, 3.05) is 39.6 Å². The number of nitrogens with zero attached hydrogens (tertiary/aromatic N) is 3. The van der Waals surface area contributed by atoms with Crippen LogP contribution in [-0.2, 0) is 6.42 Å². The van der Waals surface area contributed by atoms with Gasteiger partial charge >= 0.3 is 0 Å². The number of nitrogens with one attached hydrogen (secondary N) is 3. The van der Waals surface area contributed by atoms with Crippen molar-refractivity contribution >= 4 is 35.1 Å². The number of benzene rings is 2. The summed E-state index contributed by atoms with van der Waals surface area (Å²) in [5, 5.41) is 8.54. The van der Waals surface area contributed by atoms with E-state index in [0.717, 1.165) is 37.6 Å². The predicted molar refractivity (Wildman–Crippen MR) is 151 cm³/mol. The molecular weight excluding hydrogens is 539 g/mol. The Labute approximate surface area is 237 Å². The molecule has 12 heteroatoms. The van der Waals surface area contributed by atoms with E-state index in [-0.39, 0.29) is 51.5 Å². The average molecular weight is 571 g/mol. The number of anilines is 2. The molecule has 4 rings (SSSR count). The second-order valence-electron chi connectivity index (χ2n) is 9.38. The van der Waals surface area contributed by atoms with E-state index < -0.39 is 11.7 Å². The summed E-state index contributed by atoms with van der Waals surface area (Å²) in [7, 11) is 4.98. The van der Waals surface area contributed by atoms with Crippen LogP contribution >= 0.6 is 11.6 Å². The third-order valence-electron chi connectivity index (χ3n) is 6.70. The molecule has 1 aromatic heterocycles. The third-order valence-corrected chi connectivity index (χ3v) is 6.96. The minimum atomic E-state index is -0.731. The van der Waals surface area contributed by atoms with E-state index in [0.29, 0.717) is 12.0 Å². The summed E-state index contributed by atoms with van der Waals surface area (Å²) >= 11 is 6.31. The van der Waals surface area contributed by atoms with Crippen LogP contribution in [0.25, 0.3) is 0 Å². The lowest BCUT2D eigenvalue weighted by Crippen LogP contribution is -2.43. The number of carbonyl (C=O) groups is 2. The number of halogens is 2. The minimum absolute atomic E-state index is 0.00821. The molecule has 0 aliphatic carbocycles. The lowest BCUT2D eigenvalue weighted by atomic mass is 10.0. The quantitative estimate of drug-likeness (QED) is 0.343. The van der Waals surface area contributed by atoms with E-state index in [1.807, 2.05) is 20.0 Å². The Bertz CT molecular complexity index is 1400. The first-order chi connectivity index (χ1) is 19.2. The van der Waals surface area contributed by atoms with Crippen molar-refractivity contribution in [2.45, 2.75) is 32.2 Å². The summed E-state index contributed by atoms with van der Waals surface area (Å²) in [6.07, 6.45) is 3.53. The minimum Gasteiger partial charge on any atom is -0.495 e. The molecule has 0 radical (unpaired) electrons. The summed E-state index contributed by atoms with van der Waals surface area (Å²) < 4.78 is 26.5. The molecule has 212 valence electrons. The Morgan fingerprint density at radius 1 is 1.18 bits per heavy atom. The Morgan fingerprint density at radius 3 is 2.60 bits per heavy atom. The molecule has 2 aromatic carbocycles. The SMILES string of the molecule is CCc1cccc(Oc2nc(Nc3cc(F)c(C(=O)NC4CCN(C)CC4)cc3OC)ncc2Cl)c1C(=O)NC. The van der Waals surface area contributed by atoms with Gasteiger partial charge in [-0.1, -0.05) is 30.7 Å². The van der Waals surface area contributed by atoms with Crippen LogP contribution in [-0.4, -0.2) is 67.0 Å². The standard InChI is InChI=1S/C28H32ClFN6O4/c1-5-16-7-6-8-22(24(16)26(38)31-2)40-27-19(29)15-32-28(35-27)34-21-14-20(30)18(13-23(21)39-4)25(37)33-17-9-11-36(3)12-10-17/h6-8,13-15,17H,5,9-12H2,1-4H3,(H,31,38)(H,33,37)(H,32,34,35). The van der Waals surface area contributed by atoms with Gasteiger partial charge in [0.15, 0.2) is 0 Å². The number of ether oxygens (including phenoxy) is 2. The van der Waals surface area contributed by atoms with Gasteiger partial charge < -0.3 is 30.3 Å². The van der Waals surface area contributed by atoms with Gasteiger partial charge in [-0.15, -0.1) is 0 Å². The summed E-state index contributed by atoms with van der Waals surface area (Å²) in [5.74, 6) is -1.03. The Morgan fingerprint density at radius 2 is 1.93 bits per heavy atom. The van der Waals surface area contributed by atoms with Gasteiger partial charge in [0.1, 0.15) is 22.3 Å². The fourth-order valence-corrected chi connectivity index (χ4v) is 4.59. The van der Waals surface area contributed by atoms with Crippen LogP contribution in [0.15, 0.2) is 36.5 Å². The largest absolute Gasteiger partial charge is 0.495 e. The van der Waals surface area contributed by atoms with Gasteiger partial charge in [0.2, 0.25) is 11.8 Å². The highest BCUT2D eigenvalue weighted by Gasteiger charge is 2.23. The molecule has 1 aliphatic heterocycles. The molecule has 0 unspecified atom stereocenters. The molecule has 0 bridgehead atoms. The molecule has 3 aromatic rings. The van der Waals surface area contributed by atoms with Crippen molar-refractivity contribution in [1.82, 2.24) is 25.5 Å². The number of aromatic nitrogens is 2. The highest BCUT2D eigenvalue weighted by Crippen LogP contribution is 2.34. The summed E-state index contributed by atoms with van der Waals surface area (Å²) in [4.78, 5) is 36.0. The van der Waals surface area contributed by atoms with Crippen molar-refractivity contribution in [1.29, 1.82) is 0 Å². The van der Waals surface area contributed by atoms with Gasteiger partial charge in [-0.2, -0.15) is 4.98 Å². The fourth-order valence-electron chi connectivity index (χ4n) is 4.46. The smallest absolute Gasteiger partial charge is 0.255 e. The van der Waals surface area contributed by atoms with E-state index in [1.165, 1.54) is 26.4 Å². The molecule has 2 heterocycles. The number of carbonyl (C=O) groups excluding carboxylic acids is 2. The zero-order chi connectivity index (χ0) is 28.8. The van der Waals surface area contributed by atoms with Gasteiger partial charge in [0, 0.05) is 19.2 Å². The van der Waals surface area contributed by atoms with Gasteiger partial charge in [-0.3, -0.25) is 9.59 Å². The van der Waals surface area contributed by atoms with Crippen LogP contribution < -0.4 is 25.4 Å². The molecule has 0 saturated carbocycles. The Kier molecular flexibility index (Phi) is 9.38. The summed E-state index contributed by atoms with van der Waals surface area (Å²) in [5.41, 5.74) is 1.23. The third kappa shape index (κ3) is 6.60. The average Bonchev–Trinajstić information content (AvgIpc) is 2.95. The van der Waals surface area contributed by atoms with Crippen LogP contribution in [0.3, 0.4) is 0 Å². The van der Waals surface area contributed by atoms with E-state index in [4.69, 9.17) is 21.1 Å². The van der Waals surface area contributed by atoms with E-state index in [1.54, 1.807) is 12.1 Å². The molecule has 0 spiro atoms. The number of rotatable bonds is 9. The Hall–Kier alpha value is -3.96. The molecular formula is C28H32ClFN6O4. The van der Waals surface area contributed by atoms with Crippen LogP contribution in [0.1, 0.15) is 46.0 Å². The number of aryl methyl sites for hydroxylation is 1. The van der Waals surface area contributed by atoms with Crippen molar-refractivity contribution in [3.05, 3.63) is 64.1 Å². The number of amides is 2. The van der Waals surface area contributed by atoms with Crippen LogP contribution in [0.4, 0.5) is 16.0 Å². The highest BCUT2D eigenvalue weighted by molar-refractivity contribution is 6.31. The zero-order valence-corrected chi connectivity index (χ0v) is 23.6. The molecule has 1 fully saturated rings. The normalized spacial score (nSPS) is 13.9. The highest BCUT2D eigenvalue weighted by atomic mass is 35.5. The van der Waals surface area contributed by atoms with Gasteiger partial charge in [-0.05, 0) is 57.1 Å². The van der Waals surface area contributed by atoms with Crippen LogP contribution in [0.5, 0.6) is 17.4 Å². The maximum atomic E-state index is 15.1. The first-order valence-corrected chi connectivity index (χ1v) is 13.3. The number of piperidine rings is 1. The number of hydrogen-bond donors (Lipinski definition) is 3. The van der Waals surface area contributed by atoms with Crippen molar-refractivity contribution in [3.63, 3.8) is 0 Å². The summed E-state index contributed by atoms with van der Waals surface area (Å²) in [6.45, 7) is 3.66. The number of likely N-dealkylation sites (tertiary alicyclic amines) is 1. The fraction of sp³-hybridized carbons (Fsp3) is 0.357. The topological polar surface area (TPSA) is 118 Å². The van der Waals surface area contributed by atoms with Gasteiger partial charge in [0.25, 0.3) is 11.8 Å². The maximum Gasteiger partial charge on any atom is 0.255 e. The molecule has 2 amide bonds. The summed E-state index contributed by atoms with van der Waals surface area (Å²) in [6, 6.07) is 7.71.